The summed E-state index contributed by atoms with van der Waals surface area (Å²) in [6.45, 7) is 1.47. The third-order valence-electron chi connectivity index (χ3n) is 5.29. The number of nitriles is 1. The molecule has 9 heteroatoms. The number of methoxy groups -OCH3 is 1. The molecule has 0 saturated heterocycles. The number of nitrogens with zero attached hydrogens (tertiary/aromatic N) is 4. The van der Waals surface area contributed by atoms with Crippen molar-refractivity contribution in [2.75, 3.05) is 7.11 Å². The number of phenolic OH excluding ortho intramolecular Hbond substituents is 1. The molecule has 168 valence electrons. The van der Waals surface area contributed by atoms with Gasteiger partial charge in [0.05, 0.1) is 19.0 Å². The van der Waals surface area contributed by atoms with Crippen molar-refractivity contribution in [1.82, 2.24) is 15.2 Å². The van der Waals surface area contributed by atoms with Gasteiger partial charge >= 0.3 is 0 Å². The van der Waals surface area contributed by atoms with Crippen LogP contribution in [0.3, 0.4) is 0 Å². The van der Waals surface area contributed by atoms with E-state index in [-0.39, 0.29) is 22.6 Å². The van der Waals surface area contributed by atoms with Crippen LogP contribution < -0.4 is 15.7 Å². The van der Waals surface area contributed by atoms with Gasteiger partial charge in [0.2, 0.25) is 0 Å². The summed E-state index contributed by atoms with van der Waals surface area (Å²) in [6.07, 6.45) is 1.33. The molecule has 0 spiro atoms. The Hall–Kier alpha value is -4.97. The maximum atomic E-state index is 12.9. The van der Waals surface area contributed by atoms with Gasteiger partial charge < -0.3 is 9.84 Å². The Bertz CT molecular complexity index is 1530. The van der Waals surface area contributed by atoms with E-state index in [9.17, 15) is 20.0 Å². The van der Waals surface area contributed by atoms with Crippen LogP contribution in [0, 0.1) is 18.3 Å². The number of rotatable bonds is 5. The Morgan fingerprint density at radius 1 is 1.18 bits per heavy atom. The number of hydrogen-bond donors (Lipinski definition) is 2. The van der Waals surface area contributed by atoms with Gasteiger partial charge in [-0.1, -0.05) is 30.3 Å². The molecule has 1 heterocycles. The van der Waals surface area contributed by atoms with E-state index < -0.39 is 11.5 Å². The van der Waals surface area contributed by atoms with Crippen LogP contribution >= 0.6 is 0 Å². The number of hydrazone groups is 1. The second-order valence-corrected chi connectivity index (χ2v) is 7.29. The molecule has 0 unspecified atom stereocenters. The van der Waals surface area contributed by atoms with Crippen molar-refractivity contribution in [2.24, 2.45) is 5.10 Å². The molecular weight excluding hydrogens is 434 g/mol. The topological polar surface area (TPSA) is 130 Å². The standard InChI is InChI=1S/C25H19N5O4/c1-15-20(13-26)25(33)30(17-8-10-18(34-2)11-9-17)29-23(15)24(32)28-27-14-21-19-6-4-3-5-16(19)7-12-22(21)31/h3-12,14,31H,1-2H3,(H,28,32). The summed E-state index contributed by atoms with van der Waals surface area (Å²) in [5, 5.41) is 29.5. The molecule has 4 rings (SSSR count). The van der Waals surface area contributed by atoms with Crippen LogP contribution in [0.1, 0.15) is 27.2 Å². The molecule has 4 aromatic rings. The summed E-state index contributed by atoms with van der Waals surface area (Å²) >= 11 is 0. The first-order valence-corrected chi connectivity index (χ1v) is 10.2. The Labute approximate surface area is 194 Å². The quantitative estimate of drug-likeness (QED) is 0.353. The smallest absolute Gasteiger partial charge is 0.292 e. The van der Waals surface area contributed by atoms with Gasteiger partial charge in [-0.3, -0.25) is 9.59 Å². The fourth-order valence-electron chi connectivity index (χ4n) is 3.48. The molecule has 2 N–H and O–H groups in total. The number of aromatic hydroxyl groups is 1. The number of benzene rings is 3. The van der Waals surface area contributed by atoms with Crippen molar-refractivity contribution in [3.8, 4) is 23.3 Å². The predicted octanol–water partition coefficient (Wildman–Crippen LogP) is 3.04. The summed E-state index contributed by atoms with van der Waals surface area (Å²) in [4.78, 5) is 25.6. The number of ether oxygens (including phenoxy) is 1. The summed E-state index contributed by atoms with van der Waals surface area (Å²) in [5.41, 5.74) is 2.31. The van der Waals surface area contributed by atoms with E-state index in [1.165, 1.54) is 20.2 Å². The second kappa shape index (κ2) is 9.26. The molecule has 34 heavy (non-hydrogen) atoms. The fourth-order valence-corrected chi connectivity index (χ4v) is 3.48. The van der Waals surface area contributed by atoms with Crippen LogP contribution in [0.15, 0.2) is 70.6 Å². The predicted molar refractivity (Wildman–Crippen MR) is 127 cm³/mol. The molecule has 0 atom stereocenters. The molecule has 0 aliphatic rings. The molecule has 0 radical (unpaired) electrons. The maximum absolute atomic E-state index is 12.9. The number of carbonyl (C=O) groups is 1. The van der Waals surface area contributed by atoms with Gasteiger partial charge in [0.15, 0.2) is 5.69 Å². The Kier molecular flexibility index (Phi) is 6.05. The SMILES string of the molecule is COc1ccc(-n2nc(C(=O)NN=Cc3c(O)ccc4ccccc34)c(C)c(C#N)c2=O)cc1. The van der Waals surface area contributed by atoms with E-state index in [0.717, 1.165) is 15.5 Å². The van der Waals surface area contributed by atoms with Crippen LogP contribution in [0.2, 0.25) is 0 Å². The zero-order valence-electron chi connectivity index (χ0n) is 18.3. The molecule has 1 aromatic heterocycles. The first kappa shape index (κ1) is 22.2. The molecule has 0 saturated carbocycles. The van der Waals surface area contributed by atoms with E-state index in [1.54, 1.807) is 36.4 Å². The maximum Gasteiger partial charge on any atom is 0.292 e. The molecule has 0 aliphatic carbocycles. The van der Waals surface area contributed by atoms with Gasteiger partial charge in [-0.2, -0.15) is 20.1 Å². The Balaban J connectivity index is 1.69. The lowest BCUT2D eigenvalue weighted by molar-refractivity contribution is 0.0947. The monoisotopic (exact) mass is 453 g/mol. The molecular formula is C25H19N5O4. The van der Waals surface area contributed by atoms with Crippen molar-refractivity contribution in [2.45, 2.75) is 6.92 Å². The van der Waals surface area contributed by atoms with Gasteiger partial charge in [-0.25, -0.2) is 5.43 Å². The molecule has 0 bridgehead atoms. The number of phenols is 1. The average molecular weight is 453 g/mol. The number of amides is 1. The number of aromatic nitrogens is 2. The van der Waals surface area contributed by atoms with Gasteiger partial charge in [0, 0.05) is 11.1 Å². The van der Waals surface area contributed by atoms with Crippen molar-refractivity contribution < 1.29 is 14.6 Å². The van der Waals surface area contributed by atoms with Crippen molar-refractivity contribution in [3.05, 3.63) is 93.4 Å². The van der Waals surface area contributed by atoms with Gasteiger partial charge in [-0.15, -0.1) is 0 Å². The van der Waals surface area contributed by atoms with Gasteiger partial charge in [0.1, 0.15) is 23.1 Å². The van der Waals surface area contributed by atoms with Crippen molar-refractivity contribution >= 4 is 22.9 Å². The summed E-state index contributed by atoms with van der Waals surface area (Å²) in [7, 11) is 1.51. The molecule has 0 aliphatic heterocycles. The Morgan fingerprint density at radius 2 is 1.91 bits per heavy atom. The lowest BCUT2D eigenvalue weighted by atomic mass is 10.0. The number of nitrogens with one attached hydrogen (secondary N) is 1. The lowest BCUT2D eigenvalue weighted by Crippen LogP contribution is -2.31. The van der Waals surface area contributed by atoms with E-state index in [4.69, 9.17) is 4.74 Å². The highest BCUT2D eigenvalue weighted by Gasteiger charge is 2.20. The van der Waals surface area contributed by atoms with Crippen molar-refractivity contribution in [1.29, 1.82) is 5.26 Å². The zero-order valence-corrected chi connectivity index (χ0v) is 18.3. The lowest BCUT2D eigenvalue weighted by Gasteiger charge is -2.11. The third-order valence-corrected chi connectivity index (χ3v) is 5.29. The molecule has 0 fully saturated rings. The van der Waals surface area contributed by atoms with E-state index >= 15 is 0 Å². The van der Waals surface area contributed by atoms with E-state index in [0.29, 0.717) is 17.0 Å². The van der Waals surface area contributed by atoms with Crippen LogP contribution in [0.4, 0.5) is 0 Å². The third kappa shape index (κ3) is 4.08. The number of carbonyl (C=O) groups excluding carboxylic acids is 1. The van der Waals surface area contributed by atoms with Crippen LogP contribution in [-0.2, 0) is 0 Å². The summed E-state index contributed by atoms with van der Waals surface area (Å²) < 4.78 is 6.11. The summed E-state index contributed by atoms with van der Waals surface area (Å²) in [5.74, 6) is -0.133. The minimum atomic E-state index is -0.716. The first-order valence-electron chi connectivity index (χ1n) is 10.2. The van der Waals surface area contributed by atoms with Crippen LogP contribution in [0.25, 0.3) is 16.5 Å². The molecule has 9 nitrogen and oxygen atoms in total. The van der Waals surface area contributed by atoms with Gasteiger partial charge in [-0.05, 0) is 48.0 Å². The highest BCUT2D eigenvalue weighted by molar-refractivity contribution is 6.03. The highest BCUT2D eigenvalue weighted by Crippen LogP contribution is 2.25. The summed E-state index contributed by atoms with van der Waals surface area (Å²) in [6, 6.07) is 19.0. The van der Waals surface area contributed by atoms with Crippen molar-refractivity contribution in [3.63, 3.8) is 0 Å². The average Bonchev–Trinajstić information content (AvgIpc) is 2.86. The number of hydrogen-bond acceptors (Lipinski definition) is 7. The molecule has 1 amide bonds. The second-order valence-electron chi connectivity index (χ2n) is 7.29. The zero-order chi connectivity index (χ0) is 24.2. The highest BCUT2D eigenvalue weighted by atomic mass is 16.5. The van der Waals surface area contributed by atoms with Crippen LogP contribution in [0.5, 0.6) is 11.5 Å². The normalized spacial score (nSPS) is 10.9. The van der Waals surface area contributed by atoms with E-state index in [2.05, 4.69) is 15.6 Å². The largest absolute Gasteiger partial charge is 0.507 e. The van der Waals surface area contributed by atoms with Gasteiger partial charge in [0.25, 0.3) is 11.5 Å². The van der Waals surface area contributed by atoms with Crippen LogP contribution in [-0.4, -0.2) is 34.1 Å². The Morgan fingerprint density at radius 3 is 2.62 bits per heavy atom. The number of fused-ring (bicyclic) bond motifs is 1. The molecule has 3 aromatic carbocycles. The minimum Gasteiger partial charge on any atom is -0.507 e. The van der Waals surface area contributed by atoms with E-state index in [1.807, 2.05) is 30.3 Å². The fraction of sp³-hybridized carbons (Fsp3) is 0.0800. The minimum absolute atomic E-state index is 0.00540. The first-order chi connectivity index (χ1) is 16.4.